The zero-order chi connectivity index (χ0) is 67.2. The van der Waals surface area contributed by atoms with Crippen molar-refractivity contribution < 1.29 is 48.0 Å². The molecule has 0 aromatic carbocycles. The molecular formula is C83H146O10. The molecule has 538 valence electrons. The molecule has 4 saturated carbocycles. The molecule has 1 unspecified atom stereocenters. The van der Waals surface area contributed by atoms with Crippen LogP contribution in [-0.4, -0.2) is 66.3 Å². The highest BCUT2D eigenvalue weighted by Crippen LogP contribution is 2.76. The van der Waals surface area contributed by atoms with Gasteiger partial charge in [-0.15, -0.1) is 0 Å². The highest BCUT2D eigenvalue weighted by Gasteiger charge is 2.70. The fourth-order valence-electron chi connectivity index (χ4n) is 19.6. The third-order valence-electron chi connectivity index (χ3n) is 25.9. The van der Waals surface area contributed by atoms with Gasteiger partial charge in [0.05, 0.1) is 12.0 Å². The van der Waals surface area contributed by atoms with Gasteiger partial charge in [0.15, 0.2) is 18.3 Å². The van der Waals surface area contributed by atoms with Crippen molar-refractivity contribution in [3.05, 3.63) is 11.6 Å². The summed E-state index contributed by atoms with van der Waals surface area (Å²) in [6.07, 6.45) is 55.5. The predicted octanol–water partition coefficient (Wildman–Crippen LogP) is 23.2. The van der Waals surface area contributed by atoms with Gasteiger partial charge in [0.1, 0.15) is 6.10 Å². The maximum absolute atomic E-state index is 15.5. The number of aliphatic hydroxyl groups excluding tert-OH is 1. The summed E-state index contributed by atoms with van der Waals surface area (Å²) in [6.45, 7) is 23.9. The number of esters is 4. The van der Waals surface area contributed by atoms with E-state index in [1.807, 2.05) is 0 Å². The number of rotatable bonds is 47. The van der Waals surface area contributed by atoms with E-state index in [0.717, 1.165) is 96.3 Å². The molecule has 0 radical (unpaired) electrons. The lowest BCUT2D eigenvalue weighted by Gasteiger charge is -2.71. The Morgan fingerprint density at radius 3 is 1.32 bits per heavy atom. The summed E-state index contributed by atoms with van der Waals surface area (Å²) in [4.78, 5) is 56.3. The maximum Gasteiger partial charge on any atom is 0.315 e. The zero-order valence-electron chi connectivity index (χ0n) is 62.3. The molecule has 1 heterocycles. The SMILES string of the molecule is CCCCCCCCCCCCCCCC(=O)O[C@@H]1[C@@H](O)[C@H](OC(=O)[C@]23CCC(C)(C)C[C@@H]2C2=CC[C@H]4[C@@]5(C)CC[C@@H](OC(=O)CCCCCCCCCCCCCCC)C(C)(C)C5CC[C@@]4(C)[C@]2(C)CC3)OC[C@@H]1OC(=O)CCCCCCCCCCCCCCC. The molecule has 6 aliphatic rings. The van der Waals surface area contributed by atoms with Gasteiger partial charge in [0.25, 0.3) is 0 Å². The van der Waals surface area contributed by atoms with Crippen molar-refractivity contribution in [2.45, 2.75) is 434 Å². The predicted molar refractivity (Wildman–Crippen MR) is 381 cm³/mol. The van der Waals surface area contributed by atoms with E-state index < -0.39 is 42.0 Å². The van der Waals surface area contributed by atoms with E-state index in [-0.39, 0.29) is 70.5 Å². The van der Waals surface area contributed by atoms with Crippen LogP contribution in [0.2, 0.25) is 0 Å². The first-order chi connectivity index (χ1) is 44.7. The van der Waals surface area contributed by atoms with Gasteiger partial charge in [-0.2, -0.15) is 0 Å². The summed E-state index contributed by atoms with van der Waals surface area (Å²) >= 11 is 0. The number of allylic oxidation sites excluding steroid dienone is 2. The van der Waals surface area contributed by atoms with Gasteiger partial charge in [-0.3, -0.25) is 19.2 Å². The van der Waals surface area contributed by atoms with E-state index in [9.17, 15) is 19.5 Å². The average Bonchev–Trinajstić information content (AvgIpc) is 0.675. The molecule has 1 saturated heterocycles. The second-order valence-corrected chi connectivity index (χ2v) is 33.8. The second kappa shape index (κ2) is 40.6. The van der Waals surface area contributed by atoms with Crippen LogP contribution in [0.1, 0.15) is 403 Å². The van der Waals surface area contributed by atoms with Crippen LogP contribution < -0.4 is 0 Å². The van der Waals surface area contributed by atoms with Crippen LogP contribution in [0.3, 0.4) is 0 Å². The minimum atomic E-state index is -1.53. The normalized spacial score (nSPS) is 30.2. The maximum atomic E-state index is 15.5. The van der Waals surface area contributed by atoms with E-state index >= 15 is 4.79 Å². The summed E-state index contributed by atoms with van der Waals surface area (Å²) < 4.78 is 31.5. The molecule has 5 fully saturated rings. The highest BCUT2D eigenvalue weighted by atomic mass is 16.7. The van der Waals surface area contributed by atoms with Crippen LogP contribution in [-0.2, 0) is 42.9 Å². The van der Waals surface area contributed by atoms with E-state index in [1.165, 1.54) is 198 Å². The molecule has 0 spiro atoms. The Bertz CT molecular complexity index is 2180. The summed E-state index contributed by atoms with van der Waals surface area (Å²) in [6, 6.07) is 0. The number of aliphatic hydroxyl groups is 1. The minimum Gasteiger partial charge on any atom is -0.462 e. The number of ether oxygens (including phenoxy) is 5. The topological polar surface area (TPSA) is 135 Å². The van der Waals surface area contributed by atoms with Crippen molar-refractivity contribution in [1.82, 2.24) is 0 Å². The molecule has 6 rings (SSSR count). The van der Waals surface area contributed by atoms with Crippen molar-refractivity contribution >= 4 is 23.9 Å². The molecule has 1 N–H and O–H groups in total. The summed E-state index contributed by atoms with van der Waals surface area (Å²) in [5.74, 6) is -0.353. The fourth-order valence-corrected chi connectivity index (χ4v) is 19.6. The lowest BCUT2D eigenvalue weighted by Crippen LogP contribution is -2.65. The van der Waals surface area contributed by atoms with Gasteiger partial charge in [-0.1, -0.05) is 312 Å². The monoisotopic (exact) mass is 1300 g/mol. The number of unbranched alkanes of at least 4 members (excludes halogenated alkanes) is 36. The van der Waals surface area contributed by atoms with Crippen LogP contribution in [0.4, 0.5) is 0 Å². The first kappa shape index (κ1) is 79.5. The molecule has 93 heavy (non-hydrogen) atoms. The van der Waals surface area contributed by atoms with E-state index in [2.05, 4.69) is 75.3 Å². The third-order valence-corrected chi connectivity index (χ3v) is 25.9. The van der Waals surface area contributed by atoms with Crippen molar-refractivity contribution in [2.24, 2.45) is 50.2 Å². The minimum absolute atomic E-state index is 0.000328. The molecule has 10 nitrogen and oxygen atoms in total. The molecule has 0 amide bonds. The summed E-state index contributed by atoms with van der Waals surface area (Å²) in [7, 11) is 0. The van der Waals surface area contributed by atoms with Crippen LogP contribution in [0.5, 0.6) is 0 Å². The lowest BCUT2D eigenvalue weighted by atomic mass is 9.33. The van der Waals surface area contributed by atoms with Crippen LogP contribution in [0, 0.1) is 50.2 Å². The first-order valence-electron chi connectivity index (χ1n) is 40.5. The molecular weight excluding hydrogens is 1160 g/mol. The Morgan fingerprint density at radius 1 is 0.462 bits per heavy atom. The number of hydrogen-bond donors (Lipinski definition) is 1. The van der Waals surface area contributed by atoms with E-state index in [0.29, 0.717) is 43.9 Å². The van der Waals surface area contributed by atoms with Crippen molar-refractivity contribution in [3.63, 3.8) is 0 Å². The zero-order valence-corrected chi connectivity index (χ0v) is 62.3. The van der Waals surface area contributed by atoms with Crippen LogP contribution in [0.15, 0.2) is 11.6 Å². The van der Waals surface area contributed by atoms with E-state index in [4.69, 9.17) is 23.7 Å². The smallest absolute Gasteiger partial charge is 0.315 e. The molecule has 10 heteroatoms. The van der Waals surface area contributed by atoms with Gasteiger partial charge >= 0.3 is 23.9 Å². The molecule has 1 aliphatic heterocycles. The Balaban J connectivity index is 1.05. The number of hydrogen-bond acceptors (Lipinski definition) is 10. The number of fused-ring (bicyclic) bond motifs is 7. The van der Waals surface area contributed by atoms with Gasteiger partial charge in [-0.25, -0.2) is 0 Å². The van der Waals surface area contributed by atoms with E-state index in [1.54, 1.807) is 0 Å². The second-order valence-electron chi connectivity index (χ2n) is 33.8. The summed E-state index contributed by atoms with van der Waals surface area (Å²) in [5, 5.41) is 12.3. The molecule has 0 aromatic rings. The third kappa shape index (κ3) is 23.0. The molecule has 12 atom stereocenters. The van der Waals surface area contributed by atoms with Crippen LogP contribution in [0.25, 0.3) is 0 Å². The quantitative estimate of drug-likeness (QED) is 0.0272. The molecule has 5 aliphatic carbocycles. The Hall–Kier alpha value is -2.46. The molecule has 0 aromatic heterocycles. The van der Waals surface area contributed by atoms with Crippen molar-refractivity contribution in [3.8, 4) is 0 Å². The molecule has 0 bridgehead atoms. The van der Waals surface area contributed by atoms with Crippen molar-refractivity contribution in [1.29, 1.82) is 0 Å². The number of carbonyl (C=O) groups excluding carboxylic acids is 4. The van der Waals surface area contributed by atoms with Gasteiger partial charge < -0.3 is 28.8 Å². The standard InChI is InChI=1S/C83H146O10/c1-11-14-17-20-23-26-29-32-35-38-41-44-47-50-71(84)90-67-64-89-76(74(87)75(67)92-73(86)52-49-46-43-40-37-34-31-28-25-22-19-16-13-3)93-77(88)83-61-59-78(4,5)63-66(83)65-53-54-69-80(8)57-56-70(79(6,7)68(80)55-58-82(69,10)81(65,9)60-62-83)91-72(85)51-48-45-42-39-36-33-30-27-24-21-18-15-12-2/h53,66-70,74-76,87H,11-52,54-64H2,1-10H3/t66-,67+,68?,69+,70-,74-,75+,76+,80+,81-,82-,83+/m1/s1. The first-order valence-corrected chi connectivity index (χ1v) is 40.5. The van der Waals surface area contributed by atoms with Crippen molar-refractivity contribution in [2.75, 3.05) is 6.61 Å². The van der Waals surface area contributed by atoms with Gasteiger partial charge in [-0.05, 0) is 123 Å². The van der Waals surface area contributed by atoms with Gasteiger partial charge in [0.2, 0.25) is 6.29 Å². The highest BCUT2D eigenvalue weighted by molar-refractivity contribution is 5.79. The van der Waals surface area contributed by atoms with Crippen LogP contribution >= 0.6 is 0 Å². The Morgan fingerprint density at radius 2 is 0.871 bits per heavy atom. The fraction of sp³-hybridized carbons (Fsp3) is 0.928. The van der Waals surface area contributed by atoms with Gasteiger partial charge in [0, 0.05) is 24.7 Å². The lowest BCUT2D eigenvalue weighted by molar-refractivity contribution is -0.276. The summed E-state index contributed by atoms with van der Waals surface area (Å²) in [5.41, 5.74) is 0.422. The largest absolute Gasteiger partial charge is 0.462 e. The number of carbonyl (C=O) groups is 4. The average molecular weight is 1300 g/mol. The Labute approximate surface area is 571 Å². The Kier molecular flexibility index (Phi) is 34.7.